The molecule has 18 heavy (non-hydrogen) atoms. The number of hydrogen-bond acceptors (Lipinski definition) is 5. The van der Waals surface area contributed by atoms with E-state index in [0.717, 1.165) is 17.1 Å². The molecule has 1 aromatic carbocycles. The number of methoxy groups -OCH3 is 1. The Morgan fingerprint density at radius 1 is 1.44 bits per heavy atom. The molecule has 5 nitrogen and oxygen atoms in total. The van der Waals surface area contributed by atoms with Crippen molar-refractivity contribution in [2.45, 2.75) is 31.8 Å². The van der Waals surface area contributed by atoms with Crippen LogP contribution in [0.25, 0.3) is 0 Å². The van der Waals surface area contributed by atoms with E-state index in [2.05, 4.69) is 0 Å². The van der Waals surface area contributed by atoms with Crippen LogP contribution in [0.5, 0.6) is 11.5 Å². The first-order chi connectivity index (χ1) is 8.67. The van der Waals surface area contributed by atoms with E-state index in [4.69, 9.17) is 18.9 Å². The minimum absolute atomic E-state index is 0.121. The molecule has 1 fully saturated rings. The Morgan fingerprint density at radius 3 is 3.00 bits per heavy atom. The Bertz CT molecular complexity index is 484. The second-order valence-corrected chi connectivity index (χ2v) is 4.41. The molecule has 96 valence electrons. The largest absolute Gasteiger partial charge is 0.497 e. The summed E-state index contributed by atoms with van der Waals surface area (Å²) in [7, 11) is 1.62. The molecule has 2 heterocycles. The minimum atomic E-state index is -0.507. The predicted molar refractivity (Wildman–Crippen MR) is 61.4 cm³/mol. The first-order valence-corrected chi connectivity index (χ1v) is 5.84. The molecule has 0 radical (unpaired) electrons. The molecular weight excluding hydrogens is 236 g/mol. The number of benzene rings is 1. The molecule has 0 bridgehead atoms. The Labute approximate surface area is 105 Å². The molecule has 3 rings (SSSR count). The molecule has 0 spiro atoms. The van der Waals surface area contributed by atoms with E-state index in [1.165, 1.54) is 6.92 Å². The van der Waals surface area contributed by atoms with E-state index in [1.54, 1.807) is 7.11 Å². The molecule has 3 unspecified atom stereocenters. The van der Waals surface area contributed by atoms with Crippen molar-refractivity contribution in [3.8, 4) is 11.5 Å². The van der Waals surface area contributed by atoms with Gasteiger partial charge in [0, 0.05) is 25.0 Å². The van der Waals surface area contributed by atoms with Gasteiger partial charge in [-0.1, -0.05) is 6.07 Å². The van der Waals surface area contributed by atoms with Gasteiger partial charge in [0.05, 0.1) is 13.0 Å². The highest BCUT2D eigenvalue weighted by Crippen LogP contribution is 2.47. The lowest BCUT2D eigenvalue weighted by Crippen LogP contribution is -2.19. The van der Waals surface area contributed by atoms with Crippen LogP contribution in [-0.4, -0.2) is 25.7 Å². The van der Waals surface area contributed by atoms with Gasteiger partial charge in [-0.2, -0.15) is 0 Å². The average molecular weight is 250 g/mol. The maximum atomic E-state index is 10.9. The van der Waals surface area contributed by atoms with Crippen molar-refractivity contribution in [1.29, 1.82) is 0 Å². The summed E-state index contributed by atoms with van der Waals surface area (Å²) in [6.07, 6.45) is -0.243. The maximum Gasteiger partial charge on any atom is 0.304 e. The molecule has 0 saturated carbocycles. The highest BCUT2D eigenvalue weighted by atomic mass is 16.8. The summed E-state index contributed by atoms with van der Waals surface area (Å²) < 4.78 is 21.4. The topological polar surface area (TPSA) is 54.0 Å². The van der Waals surface area contributed by atoms with Gasteiger partial charge in [0.25, 0.3) is 0 Å². The fraction of sp³-hybridized carbons (Fsp3) is 0.462. The van der Waals surface area contributed by atoms with Gasteiger partial charge >= 0.3 is 5.97 Å². The van der Waals surface area contributed by atoms with Gasteiger partial charge in [-0.15, -0.1) is 0 Å². The predicted octanol–water partition coefficient (Wildman–Crippen LogP) is 1.81. The third-order valence-corrected chi connectivity index (χ3v) is 3.22. The van der Waals surface area contributed by atoms with E-state index in [9.17, 15) is 4.79 Å². The van der Waals surface area contributed by atoms with Crippen LogP contribution in [0.15, 0.2) is 18.2 Å². The van der Waals surface area contributed by atoms with E-state index in [1.807, 2.05) is 18.2 Å². The van der Waals surface area contributed by atoms with Gasteiger partial charge in [0.1, 0.15) is 11.5 Å². The van der Waals surface area contributed by atoms with Crippen molar-refractivity contribution >= 4 is 5.97 Å². The number of carbonyl (C=O) groups excluding carboxylic acids is 1. The Morgan fingerprint density at radius 2 is 2.28 bits per heavy atom. The zero-order chi connectivity index (χ0) is 12.7. The van der Waals surface area contributed by atoms with Crippen LogP contribution in [0.1, 0.15) is 24.8 Å². The van der Waals surface area contributed by atoms with Crippen LogP contribution < -0.4 is 9.47 Å². The monoisotopic (exact) mass is 250 g/mol. The van der Waals surface area contributed by atoms with E-state index < -0.39 is 6.29 Å². The van der Waals surface area contributed by atoms with E-state index >= 15 is 0 Å². The molecule has 2 aliphatic heterocycles. The number of esters is 1. The first-order valence-electron chi connectivity index (χ1n) is 5.84. The summed E-state index contributed by atoms with van der Waals surface area (Å²) in [5, 5.41) is 0. The molecule has 0 amide bonds. The first kappa shape index (κ1) is 11.3. The van der Waals surface area contributed by atoms with Gasteiger partial charge in [-0.05, 0) is 6.07 Å². The molecular formula is C13H14O5. The molecule has 5 heteroatoms. The lowest BCUT2D eigenvalue weighted by Gasteiger charge is -2.13. The molecule has 1 aromatic rings. The van der Waals surface area contributed by atoms with Gasteiger partial charge in [-0.3, -0.25) is 4.79 Å². The number of fused-ring (bicyclic) bond motifs is 3. The molecule has 0 aliphatic carbocycles. The zero-order valence-corrected chi connectivity index (χ0v) is 10.2. The number of hydrogen-bond donors (Lipinski definition) is 0. The fourth-order valence-corrected chi connectivity index (χ4v) is 2.44. The van der Waals surface area contributed by atoms with Crippen molar-refractivity contribution in [1.82, 2.24) is 0 Å². The highest BCUT2D eigenvalue weighted by Gasteiger charge is 2.45. The summed E-state index contributed by atoms with van der Waals surface area (Å²) >= 11 is 0. The lowest BCUT2D eigenvalue weighted by molar-refractivity contribution is -0.188. The van der Waals surface area contributed by atoms with Crippen LogP contribution in [0.4, 0.5) is 0 Å². The Balaban J connectivity index is 1.79. The third-order valence-electron chi connectivity index (χ3n) is 3.22. The molecule has 2 aliphatic rings. The van der Waals surface area contributed by atoms with Crippen molar-refractivity contribution in [3.05, 3.63) is 23.8 Å². The van der Waals surface area contributed by atoms with Crippen LogP contribution in [0, 0.1) is 0 Å². The van der Waals surface area contributed by atoms with Crippen molar-refractivity contribution in [2.75, 3.05) is 7.11 Å². The normalized spacial score (nSPS) is 28.2. The summed E-state index contributed by atoms with van der Waals surface area (Å²) in [5.41, 5.74) is 1.08. The SMILES string of the molecule is COc1ccc2c(c1)OC1OC(OC(C)=O)CC21. The molecule has 0 N–H and O–H groups in total. The van der Waals surface area contributed by atoms with Gasteiger partial charge in [0.2, 0.25) is 12.6 Å². The van der Waals surface area contributed by atoms with Crippen LogP contribution in [-0.2, 0) is 14.3 Å². The number of rotatable bonds is 2. The Kier molecular flexibility index (Phi) is 2.63. The van der Waals surface area contributed by atoms with Crippen LogP contribution in [0.3, 0.4) is 0 Å². The summed E-state index contributed by atoms with van der Waals surface area (Å²) in [6.45, 7) is 1.37. The van der Waals surface area contributed by atoms with Crippen LogP contribution >= 0.6 is 0 Å². The van der Waals surface area contributed by atoms with Gasteiger partial charge < -0.3 is 18.9 Å². The summed E-state index contributed by atoms with van der Waals surface area (Å²) in [6, 6.07) is 5.71. The number of carbonyl (C=O) groups is 1. The quantitative estimate of drug-likeness (QED) is 0.749. The standard InChI is InChI=1S/C13H14O5/c1-7(14)16-12-6-10-9-4-3-8(15-2)5-11(9)17-13(10)18-12/h3-5,10,12-13H,6H2,1-2H3. The fourth-order valence-electron chi connectivity index (χ4n) is 2.44. The number of ether oxygens (including phenoxy) is 4. The van der Waals surface area contributed by atoms with Gasteiger partial charge in [-0.25, -0.2) is 0 Å². The maximum absolute atomic E-state index is 10.9. The third kappa shape index (κ3) is 1.80. The molecule has 1 saturated heterocycles. The second-order valence-electron chi connectivity index (χ2n) is 4.41. The highest BCUT2D eigenvalue weighted by molar-refractivity contribution is 5.66. The van der Waals surface area contributed by atoms with Crippen LogP contribution in [0.2, 0.25) is 0 Å². The lowest BCUT2D eigenvalue weighted by atomic mass is 9.98. The Hall–Kier alpha value is -1.75. The van der Waals surface area contributed by atoms with E-state index in [0.29, 0.717) is 6.42 Å². The smallest absolute Gasteiger partial charge is 0.304 e. The summed E-state index contributed by atoms with van der Waals surface area (Å²) in [4.78, 5) is 10.9. The zero-order valence-electron chi connectivity index (χ0n) is 10.2. The van der Waals surface area contributed by atoms with Gasteiger partial charge in [0.15, 0.2) is 0 Å². The average Bonchev–Trinajstić information content (AvgIpc) is 2.83. The molecule has 0 aromatic heterocycles. The van der Waals surface area contributed by atoms with Crippen molar-refractivity contribution < 1.29 is 23.7 Å². The van der Waals surface area contributed by atoms with E-state index in [-0.39, 0.29) is 18.2 Å². The summed E-state index contributed by atoms with van der Waals surface area (Å²) in [5.74, 6) is 1.32. The van der Waals surface area contributed by atoms with Crippen molar-refractivity contribution in [3.63, 3.8) is 0 Å². The molecule has 3 atom stereocenters. The minimum Gasteiger partial charge on any atom is -0.497 e. The van der Waals surface area contributed by atoms with Crippen molar-refractivity contribution in [2.24, 2.45) is 0 Å². The second kappa shape index (κ2) is 4.17.